The normalized spacial score (nSPS) is 15.4. The number of hydrogen-bond donors (Lipinski definition) is 2. The summed E-state index contributed by atoms with van der Waals surface area (Å²) in [5, 5.41) is 2.94. The Bertz CT molecular complexity index is 924. The van der Waals surface area contributed by atoms with E-state index in [0.717, 1.165) is 29.8 Å². The van der Waals surface area contributed by atoms with E-state index in [1.54, 1.807) is 4.90 Å². The van der Waals surface area contributed by atoms with Crippen molar-refractivity contribution >= 4 is 21.7 Å². The molecule has 0 radical (unpaired) electrons. The molecule has 28 heavy (non-hydrogen) atoms. The molecule has 150 valence electrons. The third-order valence-corrected chi connectivity index (χ3v) is 6.40. The van der Waals surface area contributed by atoms with Gasteiger partial charge in [-0.25, -0.2) is 22.3 Å². The average Bonchev–Trinajstić information content (AvgIpc) is 2.69. The van der Waals surface area contributed by atoms with Gasteiger partial charge in [-0.15, -0.1) is 0 Å². The lowest BCUT2D eigenvalue weighted by Crippen LogP contribution is -2.47. The molecule has 0 unspecified atom stereocenters. The minimum Gasteiger partial charge on any atom is -0.324 e. The van der Waals surface area contributed by atoms with Crippen molar-refractivity contribution < 1.29 is 17.6 Å². The zero-order chi connectivity index (χ0) is 20.1. The van der Waals surface area contributed by atoms with Crippen LogP contribution >= 0.6 is 0 Å². The van der Waals surface area contributed by atoms with Gasteiger partial charge in [-0.2, -0.15) is 0 Å². The quantitative estimate of drug-likeness (QED) is 0.801. The summed E-state index contributed by atoms with van der Waals surface area (Å²) in [6.07, 6.45) is 1.86. The number of nitrogens with one attached hydrogen (secondary N) is 2. The second-order valence-corrected chi connectivity index (χ2v) is 8.49. The summed E-state index contributed by atoms with van der Waals surface area (Å²) in [6, 6.07) is 12.0. The van der Waals surface area contributed by atoms with Crippen molar-refractivity contribution in [3.63, 3.8) is 0 Å². The first-order chi connectivity index (χ1) is 13.4. The first kappa shape index (κ1) is 20.3. The van der Waals surface area contributed by atoms with E-state index in [1.165, 1.54) is 12.1 Å². The molecule has 0 bridgehead atoms. The number of urea groups is 1. The molecule has 0 atom stereocenters. The first-order valence-corrected chi connectivity index (χ1v) is 10.8. The summed E-state index contributed by atoms with van der Waals surface area (Å²) in [5.74, 6) is -0.483. The van der Waals surface area contributed by atoms with Crippen LogP contribution in [0.2, 0.25) is 0 Å². The van der Waals surface area contributed by atoms with Gasteiger partial charge >= 0.3 is 6.03 Å². The number of piperidine rings is 1. The van der Waals surface area contributed by atoms with Gasteiger partial charge in [0.15, 0.2) is 0 Å². The van der Waals surface area contributed by atoms with Crippen LogP contribution in [0.25, 0.3) is 0 Å². The molecule has 0 aromatic heterocycles. The number of hydrogen-bond acceptors (Lipinski definition) is 3. The molecule has 1 heterocycles. The molecular formula is C20H24FN3O3S. The maximum absolute atomic E-state index is 13.0. The van der Waals surface area contributed by atoms with E-state index < -0.39 is 15.8 Å². The number of aryl methyl sites for hydroxylation is 1. The van der Waals surface area contributed by atoms with Gasteiger partial charge in [0, 0.05) is 24.8 Å². The SMILES string of the molecule is CCc1ccccc1NC(=O)N1CCC(NS(=O)(=O)c2ccc(F)cc2)CC1. The molecule has 8 heteroatoms. The number of carbonyl (C=O) groups excluding carboxylic acids is 1. The van der Waals surface area contributed by atoms with E-state index in [1.807, 2.05) is 31.2 Å². The van der Waals surface area contributed by atoms with E-state index >= 15 is 0 Å². The number of rotatable bonds is 5. The lowest BCUT2D eigenvalue weighted by molar-refractivity contribution is 0.193. The Morgan fingerprint density at radius 3 is 2.39 bits per heavy atom. The zero-order valence-corrected chi connectivity index (χ0v) is 16.5. The molecule has 1 aliphatic rings. The number of para-hydroxylation sites is 1. The van der Waals surface area contributed by atoms with Crippen molar-refractivity contribution in [3.05, 3.63) is 59.9 Å². The van der Waals surface area contributed by atoms with Gasteiger partial charge < -0.3 is 10.2 Å². The van der Waals surface area contributed by atoms with Gasteiger partial charge in [0.1, 0.15) is 5.82 Å². The molecule has 2 aromatic carbocycles. The smallest absolute Gasteiger partial charge is 0.321 e. The second-order valence-electron chi connectivity index (χ2n) is 6.78. The number of anilines is 1. The van der Waals surface area contributed by atoms with Crippen molar-refractivity contribution in [3.8, 4) is 0 Å². The molecule has 1 aliphatic heterocycles. The highest BCUT2D eigenvalue weighted by atomic mass is 32.2. The van der Waals surface area contributed by atoms with Crippen molar-refractivity contribution in [2.75, 3.05) is 18.4 Å². The Morgan fingerprint density at radius 2 is 1.75 bits per heavy atom. The van der Waals surface area contributed by atoms with Crippen molar-refractivity contribution in [2.24, 2.45) is 0 Å². The Balaban J connectivity index is 1.55. The van der Waals surface area contributed by atoms with Gasteiger partial charge in [-0.3, -0.25) is 0 Å². The van der Waals surface area contributed by atoms with Crippen molar-refractivity contribution in [2.45, 2.75) is 37.1 Å². The van der Waals surface area contributed by atoms with E-state index in [-0.39, 0.29) is 17.0 Å². The molecule has 2 amide bonds. The van der Waals surface area contributed by atoms with Gasteiger partial charge in [0.2, 0.25) is 10.0 Å². The molecule has 2 N–H and O–H groups in total. The highest BCUT2D eigenvalue weighted by molar-refractivity contribution is 7.89. The maximum atomic E-state index is 13.0. The van der Waals surface area contributed by atoms with Crippen molar-refractivity contribution in [1.29, 1.82) is 0 Å². The number of nitrogens with zero attached hydrogens (tertiary/aromatic N) is 1. The molecule has 1 saturated heterocycles. The summed E-state index contributed by atoms with van der Waals surface area (Å²) in [4.78, 5) is 14.2. The van der Waals surface area contributed by atoms with Crippen LogP contribution in [0.4, 0.5) is 14.9 Å². The fourth-order valence-corrected chi connectivity index (χ4v) is 4.55. The van der Waals surface area contributed by atoms with Crippen LogP contribution < -0.4 is 10.0 Å². The number of amides is 2. The van der Waals surface area contributed by atoms with Crippen LogP contribution in [0, 0.1) is 5.82 Å². The predicted octanol–water partition coefficient (Wildman–Crippen LogP) is 3.36. The van der Waals surface area contributed by atoms with Crippen LogP contribution in [0.1, 0.15) is 25.3 Å². The highest BCUT2D eigenvalue weighted by Crippen LogP contribution is 2.19. The second kappa shape index (κ2) is 8.70. The monoisotopic (exact) mass is 405 g/mol. The van der Waals surface area contributed by atoms with Crippen LogP contribution in [-0.2, 0) is 16.4 Å². The average molecular weight is 405 g/mol. The number of carbonyl (C=O) groups is 1. The molecule has 0 spiro atoms. The van der Waals surface area contributed by atoms with Gasteiger partial charge in [-0.05, 0) is 55.2 Å². The van der Waals surface area contributed by atoms with Crippen molar-refractivity contribution in [1.82, 2.24) is 9.62 Å². The number of likely N-dealkylation sites (tertiary alicyclic amines) is 1. The Hall–Kier alpha value is -2.45. The van der Waals surface area contributed by atoms with E-state index in [4.69, 9.17) is 0 Å². The molecule has 0 aliphatic carbocycles. The summed E-state index contributed by atoms with van der Waals surface area (Å²) in [5.41, 5.74) is 1.87. The third kappa shape index (κ3) is 4.88. The number of sulfonamides is 1. The Kier molecular flexibility index (Phi) is 6.31. The van der Waals surface area contributed by atoms with Gasteiger partial charge in [0.25, 0.3) is 0 Å². The minimum absolute atomic E-state index is 0.0326. The summed E-state index contributed by atoms with van der Waals surface area (Å²) in [7, 11) is -3.71. The first-order valence-electron chi connectivity index (χ1n) is 9.31. The molecule has 0 saturated carbocycles. The van der Waals surface area contributed by atoms with Crippen LogP contribution in [0.5, 0.6) is 0 Å². The minimum atomic E-state index is -3.71. The molecule has 1 fully saturated rings. The summed E-state index contributed by atoms with van der Waals surface area (Å²) in [6.45, 7) is 2.94. The third-order valence-electron chi connectivity index (χ3n) is 4.87. The molecule has 6 nitrogen and oxygen atoms in total. The molecular weight excluding hydrogens is 381 g/mol. The van der Waals surface area contributed by atoms with E-state index in [9.17, 15) is 17.6 Å². The standard InChI is InChI=1S/C20H24FN3O3S/c1-2-15-5-3-4-6-19(15)22-20(25)24-13-11-17(12-14-24)23-28(26,27)18-9-7-16(21)8-10-18/h3-10,17,23H,2,11-14H2,1H3,(H,22,25). The molecule has 3 rings (SSSR count). The summed E-state index contributed by atoms with van der Waals surface area (Å²) >= 11 is 0. The number of halogens is 1. The summed E-state index contributed by atoms with van der Waals surface area (Å²) < 4.78 is 40.5. The molecule has 2 aromatic rings. The lowest BCUT2D eigenvalue weighted by Gasteiger charge is -2.32. The van der Waals surface area contributed by atoms with Crippen LogP contribution in [0.3, 0.4) is 0 Å². The zero-order valence-electron chi connectivity index (χ0n) is 15.7. The van der Waals surface area contributed by atoms with E-state index in [2.05, 4.69) is 10.0 Å². The largest absolute Gasteiger partial charge is 0.324 e. The maximum Gasteiger partial charge on any atom is 0.321 e. The Labute approximate surface area is 164 Å². The highest BCUT2D eigenvalue weighted by Gasteiger charge is 2.27. The fraction of sp³-hybridized carbons (Fsp3) is 0.350. The topological polar surface area (TPSA) is 78.5 Å². The number of benzene rings is 2. The van der Waals surface area contributed by atoms with E-state index in [0.29, 0.717) is 25.9 Å². The lowest BCUT2D eigenvalue weighted by atomic mass is 10.1. The fourth-order valence-electron chi connectivity index (χ4n) is 3.25. The van der Waals surface area contributed by atoms with Crippen LogP contribution in [0.15, 0.2) is 53.4 Å². The van der Waals surface area contributed by atoms with Gasteiger partial charge in [-0.1, -0.05) is 25.1 Å². The van der Waals surface area contributed by atoms with Crippen LogP contribution in [-0.4, -0.2) is 38.5 Å². The van der Waals surface area contributed by atoms with Gasteiger partial charge in [0.05, 0.1) is 4.90 Å². The predicted molar refractivity (Wildman–Crippen MR) is 106 cm³/mol. The Morgan fingerprint density at radius 1 is 1.11 bits per heavy atom.